The summed E-state index contributed by atoms with van der Waals surface area (Å²) < 4.78 is 1.64. The molecule has 5 heteroatoms. The standard InChI is InChI=1S/C12H18N4O/c1-9(2)16-8-7-14-11(12(16)17)15(4)10(3)5-6-13/h7-10H,5H2,1-4H3. The van der Waals surface area contributed by atoms with Crippen molar-refractivity contribution in [3.05, 3.63) is 22.7 Å². The van der Waals surface area contributed by atoms with E-state index in [1.54, 1.807) is 28.9 Å². The summed E-state index contributed by atoms with van der Waals surface area (Å²) in [6.07, 6.45) is 3.67. The second-order valence-corrected chi connectivity index (χ2v) is 4.38. The van der Waals surface area contributed by atoms with E-state index < -0.39 is 0 Å². The van der Waals surface area contributed by atoms with Crippen molar-refractivity contribution in [2.24, 2.45) is 0 Å². The molecule has 1 rings (SSSR count). The molecule has 0 saturated heterocycles. The molecule has 0 aliphatic carbocycles. The van der Waals surface area contributed by atoms with Crippen molar-refractivity contribution in [3.63, 3.8) is 0 Å². The van der Waals surface area contributed by atoms with Gasteiger partial charge in [-0.1, -0.05) is 0 Å². The SMILES string of the molecule is CC(CC#N)N(C)c1nccn(C(C)C)c1=O. The van der Waals surface area contributed by atoms with Crippen LogP contribution in [0.1, 0.15) is 33.2 Å². The van der Waals surface area contributed by atoms with Gasteiger partial charge in [0.25, 0.3) is 5.56 Å². The minimum Gasteiger partial charge on any atom is -0.351 e. The number of hydrogen-bond donors (Lipinski definition) is 0. The van der Waals surface area contributed by atoms with E-state index in [2.05, 4.69) is 11.1 Å². The fourth-order valence-electron chi connectivity index (χ4n) is 1.54. The van der Waals surface area contributed by atoms with E-state index >= 15 is 0 Å². The molecule has 0 aliphatic heterocycles. The maximum Gasteiger partial charge on any atom is 0.293 e. The van der Waals surface area contributed by atoms with Gasteiger partial charge in [0.1, 0.15) is 0 Å². The molecule has 0 N–H and O–H groups in total. The van der Waals surface area contributed by atoms with Crippen molar-refractivity contribution in [1.82, 2.24) is 9.55 Å². The molecule has 17 heavy (non-hydrogen) atoms. The summed E-state index contributed by atoms with van der Waals surface area (Å²) in [7, 11) is 1.79. The Labute approximate surface area is 101 Å². The maximum absolute atomic E-state index is 12.1. The molecular weight excluding hydrogens is 216 g/mol. The van der Waals surface area contributed by atoms with Crippen LogP contribution in [0, 0.1) is 11.3 Å². The highest BCUT2D eigenvalue weighted by Crippen LogP contribution is 2.09. The zero-order chi connectivity index (χ0) is 13.0. The molecule has 92 valence electrons. The third-order valence-electron chi connectivity index (χ3n) is 2.79. The van der Waals surface area contributed by atoms with Gasteiger partial charge in [-0.05, 0) is 20.8 Å². The molecule has 0 bridgehead atoms. The smallest absolute Gasteiger partial charge is 0.293 e. The highest BCUT2D eigenvalue weighted by molar-refractivity contribution is 5.36. The summed E-state index contributed by atoms with van der Waals surface area (Å²) in [5.41, 5.74) is -0.116. The van der Waals surface area contributed by atoms with E-state index in [1.807, 2.05) is 20.8 Å². The van der Waals surface area contributed by atoms with Gasteiger partial charge < -0.3 is 9.47 Å². The van der Waals surface area contributed by atoms with Crippen LogP contribution >= 0.6 is 0 Å². The summed E-state index contributed by atoms with van der Waals surface area (Å²) in [6.45, 7) is 5.80. The maximum atomic E-state index is 12.1. The number of hydrogen-bond acceptors (Lipinski definition) is 4. The summed E-state index contributed by atoms with van der Waals surface area (Å²) in [5.74, 6) is 0.393. The first-order chi connectivity index (χ1) is 7.99. The normalized spacial score (nSPS) is 12.2. The van der Waals surface area contributed by atoms with Gasteiger partial charge in [-0.15, -0.1) is 0 Å². The Hall–Kier alpha value is -1.83. The molecule has 0 radical (unpaired) electrons. The predicted octanol–water partition coefficient (Wildman–Crippen LogP) is 1.56. The molecule has 0 spiro atoms. The first-order valence-electron chi connectivity index (χ1n) is 5.66. The molecule has 0 aliphatic rings. The molecule has 1 atom stereocenters. The van der Waals surface area contributed by atoms with Gasteiger partial charge in [0, 0.05) is 31.5 Å². The third kappa shape index (κ3) is 2.84. The van der Waals surface area contributed by atoms with Gasteiger partial charge in [0.2, 0.25) is 0 Å². The minimum absolute atomic E-state index is 0.0248. The van der Waals surface area contributed by atoms with Gasteiger partial charge >= 0.3 is 0 Å². The Morgan fingerprint density at radius 3 is 2.71 bits per heavy atom. The van der Waals surface area contributed by atoms with Crippen molar-refractivity contribution in [2.75, 3.05) is 11.9 Å². The third-order valence-corrected chi connectivity index (χ3v) is 2.79. The first-order valence-corrected chi connectivity index (χ1v) is 5.66. The highest BCUT2D eigenvalue weighted by Gasteiger charge is 2.16. The number of aromatic nitrogens is 2. The van der Waals surface area contributed by atoms with Crippen LogP contribution in [0.2, 0.25) is 0 Å². The summed E-state index contributed by atoms with van der Waals surface area (Å²) >= 11 is 0. The largest absolute Gasteiger partial charge is 0.351 e. The van der Waals surface area contributed by atoms with Gasteiger partial charge in [-0.3, -0.25) is 4.79 Å². The first kappa shape index (κ1) is 13.2. The highest BCUT2D eigenvalue weighted by atomic mass is 16.1. The van der Waals surface area contributed by atoms with Gasteiger partial charge in [0.05, 0.1) is 12.5 Å². The zero-order valence-corrected chi connectivity index (χ0v) is 10.7. The average molecular weight is 234 g/mol. The van der Waals surface area contributed by atoms with Crippen molar-refractivity contribution < 1.29 is 0 Å². The molecule has 0 aromatic carbocycles. The molecule has 1 aromatic heterocycles. The lowest BCUT2D eigenvalue weighted by Crippen LogP contribution is -2.36. The van der Waals surface area contributed by atoms with Crippen LogP contribution in [-0.4, -0.2) is 22.6 Å². The average Bonchev–Trinajstić information content (AvgIpc) is 2.28. The number of nitrogens with zero attached hydrogens (tertiary/aromatic N) is 4. The van der Waals surface area contributed by atoms with Crippen molar-refractivity contribution in [2.45, 2.75) is 39.3 Å². The number of rotatable bonds is 4. The van der Waals surface area contributed by atoms with E-state index in [1.165, 1.54) is 0 Å². The summed E-state index contributed by atoms with van der Waals surface area (Å²) in [6, 6.07) is 2.17. The van der Waals surface area contributed by atoms with E-state index in [-0.39, 0.29) is 17.6 Å². The molecule has 1 unspecified atom stereocenters. The van der Waals surface area contributed by atoms with E-state index in [9.17, 15) is 4.79 Å². The van der Waals surface area contributed by atoms with E-state index in [4.69, 9.17) is 5.26 Å². The van der Waals surface area contributed by atoms with Crippen molar-refractivity contribution in [3.8, 4) is 6.07 Å². The Morgan fingerprint density at radius 1 is 1.53 bits per heavy atom. The van der Waals surface area contributed by atoms with Crippen LogP contribution in [0.4, 0.5) is 5.82 Å². The predicted molar refractivity (Wildman–Crippen MR) is 67.0 cm³/mol. The van der Waals surface area contributed by atoms with Crippen LogP contribution < -0.4 is 10.5 Å². The Morgan fingerprint density at radius 2 is 2.18 bits per heavy atom. The van der Waals surface area contributed by atoms with Crippen LogP contribution in [0.3, 0.4) is 0 Å². The second-order valence-electron chi connectivity index (χ2n) is 4.38. The lowest BCUT2D eigenvalue weighted by molar-refractivity contribution is 0.568. The monoisotopic (exact) mass is 234 g/mol. The van der Waals surface area contributed by atoms with E-state index in [0.717, 1.165) is 0 Å². The lowest BCUT2D eigenvalue weighted by atomic mass is 10.2. The van der Waals surface area contributed by atoms with Gasteiger partial charge in [0.15, 0.2) is 5.82 Å². The van der Waals surface area contributed by atoms with Crippen molar-refractivity contribution >= 4 is 5.82 Å². The second kappa shape index (κ2) is 5.48. The molecule has 0 fully saturated rings. The van der Waals surface area contributed by atoms with Crippen LogP contribution in [0.5, 0.6) is 0 Å². The number of nitriles is 1. The van der Waals surface area contributed by atoms with Gasteiger partial charge in [-0.2, -0.15) is 5.26 Å². The lowest BCUT2D eigenvalue weighted by Gasteiger charge is -2.24. The van der Waals surface area contributed by atoms with Crippen LogP contribution in [0.15, 0.2) is 17.2 Å². The minimum atomic E-state index is -0.116. The molecular formula is C12H18N4O. The molecule has 5 nitrogen and oxygen atoms in total. The summed E-state index contributed by atoms with van der Waals surface area (Å²) in [4.78, 5) is 18.0. The zero-order valence-electron chi connectivity index (χ0n) is 10.7. The van der Waals surface area contributed by atoms with Crippen LogP contribution in [0.25, 0.3) is 0 Å². The Kier molecular flexibility index (Phi) is 4.27. The van der Waals surface area contributed by atoms with E-state index in [0.29, 0.717) is 12.2 Å². The molecule has 0 saturated carbocycles. The fraction of sp³-hybridized carbons (Fsp3) is 0.583. The fourth-order valence-corrected chi connectivity index (χ4v) is 1.54. The summed E-state index contributed by atoms with van der Waals surface area (Å²) in [5, 5.41) is 8.66. The quantitative estimate of drug-likeness (QED) is 0.793. The number of anilines is 1. The Bertz CT molecular complexity index is 472. The molecule has 0 amide bonds. The Balaban J connectivity index is 3.12. The molecule has 1 aromatic rings. The van der Waals surface area contributed by atoms with Crippen molar-refractivity contribution in [1.29, 1.82) is 5.26 Å². The topological polar surface area (TPSA) is 61.9 Å². The van der Waals surface area contributed by atoms with Crippen LogP contribution in [-0.2, 0) is 0 Å². The van der Waals surface area contributed by atoms with Gasteiger partial charge in [-0.25, -0.2) is 4.98 Å². The molecule has 1 heterocycles.